The molecule has 1 aliphatic heterocycles. The maximum Gasteiger partial charge on any atom is 0.350 e. The lowest BCUT2D eigenvalue weighted by molar-refractivity contribution is -0.133. The number of amides is 1. The van der Waals surface area contributed by atoms with Crippen LogP contribution in [0.3, 0.4) is 0 Å². The van der Waals surface area contributed by atoms with Crippen molar-refractivity contribution in [3.05, 3.63) is 34.2 Å². The maximum atomic E-state index is 12.1. The maximum absolute atomic E-state index is 12.1. The third-order valence-electron chi connectivity index (χ3n) is 3.51. The summed E-state index contributed by atoms with van der Waals surface area (Å²) in [5, 5.41) is 1.23. The van der Waals surface area contributed by atoms with E-state index < -0.39 is 5.97 Å². The lowest BCUT2D eigenvalue weighted by Crippen LogP contribution is -2.31. The van der Waals surface area contributed by atoms with Crippen LogP contribution in [0.4, 0.5) is 0 Å². The summed E-state index contributed by atoms with van der Waals surface area (Å²) >= 11 is 7.49. The molecule has 0 radical (unpaired) electrons. The minimum Gasteiger partial charge on any atom is -0.451 e. The highest BCUT2D eigenvalue weighted by atomic mass is 35.5. The van der Waals surface area contributed by atoms with E-state index in [1.165, 1.54) is 11.3 Å². The summed E-state index contributed by atoms with van der Waals surface area (Å²) in [5.41, 5.74) is 0. The molecule has 1 aliphatic rings. The Kier molecular flexibility index (Phi) is 4.12. The molecule has 1 aromatic heterocycles. The highest BCUT2D eigenvalue weighted by Gasteiger charge is 2.22. The van der Waals surface area contributed by atoms with Crippen LogP contribution in [0.2, 0.25) is 5.02 Å². The van der Waals surface area contributed by atoms with Gasteiger partial charge in [-0.2, -0.15) is 0 Å². The number of hydrogen-bond donors (Lipinski definition) is 0. The molecule has 0 N–H and O–H groups in total. The van der Waals surface area contributed by atoms with E-state index in [0.717, 1.165) is 36.0 Å². The number of halogens is 1. The number of nitrogens with zero attached hydrogens (tertiary/aromatic N) is 1. The smallest absolute Gasteiger partial charge is 0.350 e. The zero-order valence-electron chi connectivity index (χ0n) is 11.3. The van der Waals surface area contributed by atoms with Crippen molar-refractivity contribution < 1.29 is 14.3 Å². The molecule has 0 bridgehead atoms. The number of ether oxygens (including phenoxy) is 1. The van der Waals surface area contributed by atoms with Gasteiger partial charge in [-0.15, -0.1) is 11.3 Å². The third-order valence-corrected chi connectivity index (χ3v) is 5.16. The minimum atomic E-state index is -0.534. The van der Waals surface area contributed by atoms with Crippen LogP contribution in [0.15, 0.2) is 24.3 Å². The lowest BCUT2D eigenvalue weighted by atomic mass is 10.2. The van der Waals surface area contributed by atoms with Gasteiger partial charge in [-0.05, 0) is 18.9 Å². The fraction of sp³-hybridized carbons (Fsp3) is 0.333. The Morgan fingerprint density at radius 3 is 2.67 bits per heavy atom. The standard InChI is InChI=1S/C15H14ClNO3S/c16-13-10-5-1-2-6-11(10)21-14(13)15(19)20-9-12(18)17-7-3-4-8-17/h1-2,5-6H,3-4,7-9H2. The zero-order valence-corrected chi connectivity index (χ0v) is 12.9. The molecule has 1 fully saturated rings. The molecular formula is C15H14ClNO3S. The van der Waals surface area contributed by atoms with Crippen LogP contribution in [-0.2, 0) is 9.53 Å². The number of hydrogen-bond acceptors (Lipinski definition) is 4. The number of fused-ring (bicyclic) bond motifs is 1. The molecule has 4 nitrogen and oxygen atoms in total. The van der Waals surface area contributed by atoms with E-state index in [0.29, 0.717) is 9.90 Å². The van der Waals surface area contributed by atoms with E-state index >= 15 is 0 Å². The average molecular weight is 324 g/mol. The molecule has 21 heavy (non-hydrogen) atoms. The molecule has 0 atom stereocenters. The fourth-order valence-corrected chi connectivity index (χ4v) is 3.80. The molecule has 0 unspecified atom stereocenters. The largest absolute Gasteiger partial charge is 0.451 e. The SMILES string of the molecule is O=C(OCC(=O)N1CCCC1)c1sc2ccccc2c1Cl. The number of thiophene rings is 1. The van der Waals surface area contributed by atoms with Gasteiger partial charge in [0.1, 0.15) is 4.88 Å². The Morgan fingerprint density at radius 1 is 1.24 bits per heavy atom. The molecule has 0 saturated carbocycles. The van der Waals surface area contributed by atoms with Gasteiger partial charge in [0, 0.05) is 23.2 Å². The first-order valence-electron chi connectivity index (χ1n) is 6.79. The normalized spacial score (nSPS) is 14.6. The Balaban J connectivity index is 1.69. The van der Waals surface area contributed by atoms with Gasteiger partial charge in [-0.1, -0.05) is 29.8 Å². The van der Waals surface area contributed by atoms with Gasteiger partial charge in [0.05, 0.1) is 5.02 Å². The molecule has 0 aliphatic carbocycles. The zero-order chi connectivity index (χ0) is 14.8. The van der Waals surface area contributed by atoms with Crippen LogP contribution in [-0.4, -0.2) is 36.5 Å². The Hall–Kier alpha value is -1.59. The van der Waals surface area contributed by atoms with Gasteiger partial charge >= 0.3 is 5.97 Å². The number of likely N-dealkylation sites (tertiary alicyclic amines) is 1. The average Bonchev–Trinajstić information content (AvgIpc) is 3.13. The second-order valence-corrected chi connectivity index (χ2v) is 6.34. The minimum absolute atomic E-state index is 0.141. The Labute approximate surface area is 131 Å². The van der Waals surface area contributed by atoms with Crippen LogP contribution in [0.25, 0.3) is 10.1 Å². The third kappa shape index (κ3) is 2.89. The molecule has 6 heteroatoms. The predicted molar refractivity (Wildman–Crippen MR) is 82.9 cm³/mol. The second-order valence-electron chi connectivity index (χ2n) is 4.91. The Bertz CT molecular complexity index is 691. The first-order valence-corrected chi connectivity index (χ1v) is 7.98. The molecule has 1 saturated heterocycles. The van der Waals surface area contributed by atoms with E-state index in [4.69, 9.17) is 16.3 Å². The first-order chi connectivity index (χ1) is 10.2. The highest BCUT2D eigenvalue weighted by molar-refractivity contribution is 7.21. The molecule has 110 valence electrons. The van der Waals surface area contributed by atoms with Gasteiger partial charge in [0.2, 0.25) is 0 Å². The van der Waals surface area contributed by atoms with Crippen molar-refractivity contribution >= 4 is 44.9 Å². The monoisotopic (exact) mass is 323 g/mol. The number of carbonyl (C=O) groups excluding carboxylic acids is 2. The van der Waals surface area contributed by atoms with Crippen molar-refractivity contribution in [2.45, 2.75) is 12.8 Å². The number of carbonyl (C=O) groups is 2. The number of benzene rings is 1. The summed E-state index contributed by atoms with van der Waals surface area (Å²) in [6, 6.07) is 7.52. The van der Waals surface area contributed by atoms with Crippen LogP contribution in [0.1, 0.15) is 22.5 Å². The summed E-state index contributed by atoms with van der Waals surface area (Å²) in [6.45, 7) is 1.28. The van der Waals surface area contributed by atoms with E-state index in [1.807, 2.05) is 24.3 Å². The van der Waals surface area contributed by atoms with Crippen molar-refractivity contribution in [2.75, 3.05) is 19.7 Å². The van der Waals surface area contributed by atoms with E-state index in [-0.39, 0.29) is 12.5 Å². The molecule has 2 aromatic rings. The van der Waals surface area contributed by atoms with E-state index in [1.54, 1.807) is 4.90 Å². The van der Waals surface area contributed by atoms with Crippen molar-refractivity contribution in [1.29, 1.82) is 0 Å². The second kappa shape index (κ2) is 6.03. The quantitative estimate of drug-likeness (QED) is 0.814. The summed E-state index contributed by atoms with van der Waals surface area (Å²) in [5.74, 6) is -0.674. The van der Waals surface area contributed by atoms with Gasteiger partial charge in [0.25, 0.3) is 5.91 Å². The first kappa shape index (κ1) is 14.4. The molecule has 1 aromatic carbocycles. The van der Waals surface area contributed by atoms with Crippen molar-refractivity contribution in [1.82, 2.24) is 4.90 Å². The topological polar surface area (TPSA) is 46.6 Å². The molecular weight excluding hydrogens is 310 g/mol. The highest BCUT2D eigenvalue weighted by Crippen LogP contribution is 2.35. The predicted octanol–water partition coefficient (Wildman–Crippen LogP) is 3.33. The lowest BCUT2D eigenvalue weighted by Gasteiger charge is -2.14. The Morgan fingerprint density at radius 2 is 1.95 bits per heavy atom. The van der Waals surface area contributed by atoms with Crippen molar-refractivity contribution in [2.24, 2.45) is 0 Å². The number of esters is 1. The van der Waals surface area contributed by atoms with Gasteiger partial charge in [-0.25, -0.2) is 4.79 Å². The van der Waals surface area contributed by atoms with Gasteiger partial charge in [0.15, 0.2) is 6.61 Å². The van der Waals surface area contributed by atoms with Crippen LogP contribution in [0, 0.1) is 0 Å². The summed E-state index contributed by atoms with van der Waals surface area (Å²) < 4.78 is 6.04. The molecule has 1 amide bonds. The fourth-order valence-electron chi connectivity index (χ4n) is 2.40. The summed E-state index contributed by atoms with van der Waals surface area (Å²) in [4.78, 5) is 26.0. The van der Waals surface area contributed by atoms with Crippen LogP contribution in [0.5, 0.6) is 0 Å². The van der Waals surface area contributed by atoms with Crippen LogP contribution >= 0.6 is 22.9 Å². The van der Waals surface area contributed by atoms with Gasteiger partial charge in [-0.3, -0.25) is 4.79 Å². The molecule has 2 heterocycles. The number of rotatable bonds is 3. The van der Waals surface area contributed by atoms with Crippen molar-refractivity contribution in [3.8, 4) is 0 Å². The molecule has 0 spiro atoms. The summed E-state index contributed by atoms with van der Waals surface area (Å²) in [7, 11) is 0. The summed E-state index contributed by atoms with van der Waals surface area (Å²) in [6.07, 6.45) is 2.03. The van der Waals surface area contributed by atoms with Gasteiger partial charge < -0.3 is 9.64 Å². The van der Waals surface area contributed by atoms with E-state index in [2.05, 4.69) is 0 Å². The van der Waals surface area contributed by atoms with Crippen LogP contribution < -0.4 is 0 Å². The molecule has 3 rings (SSSR count). The van der Waals surface area contributed by atoms with Crippen molar-refractivity contribution in [3.63, 3.8) is 0 Å². The van der Waals surface area contributed by atoms with E-state index in [9.17, 15) is 9.59 Å².